The first-order valence-corrected chi connectivity index (χ1v) is 7.05. The van der Waals surface area contributed by atoms with Gasteiger partial charge in [0.15, 0.2) is 0 Å². The Morgan fingerprint density at radius 1 is 1.40 bits per heavy atom. The van der Waals surface area contributed by atoms with E-state index >= 15 is 0 Å². The SMILES string of the molecule is CC(C)NC(=O)CCNCc1cn2cc(Cl)ccc2n1. The zero-order valence-corrected chi connectivity index (χ0v) is 12.4. The number of hydrogen-bond donors (Lipinski definition) is 2. The maximum Gasteiger partial charge on any atom is 0.221 e. The molecule has 20 heavy (non-hydrogen) atoms. The molecule has 0 aliphatic carbocycles. The second-order valence-corrected chi connectivity index (χ2v) is 5.43. The molecule has 0 saturated carbocycles. The molecule has 5 nitrogen and oxygen atoms in total. The lowest BCUT2D eigenvalue weighted by Gasteiger charge is -2.08. The van der Waals surface area contributed by atoms with E-state index in [0.717, 1.165) is 11.3 Å². The van der Waals surface area contributed by atoms with E-state index in [4.69, 9.17) is 11.6 Å². The number of hydrogen-bond acceptors (Lipinski definition) is 3. The van der Waals surface area contributed by atoms with Gasteiger partial charge in [-0.3, -0.25) is 4.79 Å². The Kier molecular flexibility index (Phi) is 4.98. The number of carbonyl (C=O) groups excluding carboxylic acids is 1. The van der Waals surface area contributed by atoms with Crippen LogP contribution in [-0.4, -0.2) is 27.9 Å². The standard InChI is InChI=1S/C14H19ClN4O/c1-10(2)17-14(20)5-6-16-7-12-9-19-8-11(15)3-4-13(19)18-12/h3-4,8-10,16H,5-7H2,1-2H3,(H,17,20). The van der Waals surface area contributed by atoms with Crippen molar-refractivity contribution < 1.29 is 4.79 Å². The number of rotatable bonds is 6. The molecule has 0 fully saturated rings. The minimum absolute atomic E-state index is 0.0642. The summed E-state index contributed by atoms with van der Waals surface area (Å²) in [6, 6.07) is 3.88. The fraction of sp³-hybridized carbons (Fsp3) is 0.429. The van der Waals surface area contributed by atoms with Crippen LogP contribution in [0.2, 0.25) is 5.02 Å². The molecule has 0 saturated heterocycles. The molecule has 0 bridgehead atoms. The van der Waals surface area contributed by atoms with Crippen molar-refractivity contribution in [3.63, 3.8) is 0 Å². The summed E-state index contributed by atoms with van der Waals surface area (Å²) in [6.45, 7) is 5.17. The van der Waals surface area contributed by atoms with Crippen LogP contribution in [-0.2, 0) is 11.3 Å². The van der Waals surface area contributed by atoms with E-state index in [1.54, 1.807) is 0 Å². The highest BCUT2D eigenvalue weighted by Gasteiger charge is 2.04. The highest BCUT2D eigenvalue weighted by atomic mass is 35.5. The van der Waals surface area contributed by atoms with Crippen molar-refractivity contribution in [3.05, 3.63) is 35.2 Å². The Hall–Kier alpha value is -1.59. The molecule has 0 atom stereocenters. The van der Waals surface area contributed by atoms with Gasteiger partial charge in [0.25, 0.3) is 0 Å². The van der Waals surface area contributed by atoms with Crippen LogP contribution < -0.4 is 10.6 Å². The van der Waals surface area contributed by atoms with Crippen molar-refractivity contribution in [3.8, 4) is 0 Å². The fourth-order valence-corrected chi connectivity index (χ4v) is 2.08. The van der Waals surface area contributed by atoms with Gasteiger partial charge in [-0.05, 0) is 26.0 Å². The van der Waals surface area contributed by atoms with Gasteiger partial charge < -0.3 is 15.0 Å². The zero-order valence-electron chi connectivity index (χ0n) is 11.7. The smallest absolute Gasteiger partial charge is 0.221 e. The number of nitrogens with zero attached hydrogens (tertiary/aromatic N) is 2. The Morgan fingerprint density at radius 2 is 2.20 bits per heavy atom. The van der Waals surface area contributed by atoms with Crippen LogP contribution in [0.1, 0.15) is 26.0 Å². The van der Waals surface area contributed by atoms with Gasteiger partial charge in [0.2, 0.25) is 5.91 Å². The van der Waals surface area contributed by atoms with E-state index in [1.165, 1.54) is 0 Å². The van der Waals surface area contributed by atoms with Crippen molar-refractivity contribution in [1.29, 1.82) is 0 Å². The molecule has 1 amide bonds. The first-order valence-electron chi connectivity index (χ1n) is 6.68. The topological polar surface area (TPSA) is 58.4 Å². The fourth-order valence-electron chi connectivity index (χ4n) is 1.91. The molecule has 0 spiro atoms. The van der Waals surface area contributed by atoms with E-state index in [-0.39, 0.29) is 11.9 Å². The zero-order chi connectivity index (χ0) is 14.5. The number of carbonyl (C=O) groups is 1. The lowest BCUT2D eigenvalue weighted by molar-refractivity contribution is -0.121. The summed E-state index contributed by atoms with van der Waals surface area (Å²) >= 11 is 5.92. The second kappa shape index (κ2) is 6.72. The average molecular weight is 295 g/mol. The third-order valence-electron chi connectivity index (χ3n) is 2.75. The molecule has 0 aliphatic rings. The molecule has 2 aromatic heterocycles. The number of amides is 1. The van der Waals surface area contributed by atoms with Crippen molar-refractivity contribution >= 4 is 23.2 Å². The van der Waals surface area contributed by atoms with Gasteiger partial charge >= 0.3 is 0 Å². The lowest BCUT2D eigenvalue weighted by Crippen LogP contribution is -2.32. The quantitative estimate of drug-likeness (QED) is 0.801. The lowest BCUT2D eigenvalue weighted by atomic mass is 10.3. The van der Waals surface area contributed by atoms with Crippen LogP contribution in [0.25, 0.3) is 5.65 Å². The summed E-state index contributed by atoms with van der Waals surface area (Å²) in [5, 5.41) is 6.75. The molecule has 2 N–H and O–H groups in total. The van der Waals surface area contributed by atoms with Gasteiger partial charge in [0.1, 0.15) is 5.65 Å². The summed E-state index contributed by atoms with van der Waals surface area (Å²) in [5.41, 5.74) is 1.79. The van der Waals surface area contributed by atoms with Crippen LogP contribution in [0, 0.1) is 0 Å². The van der Waals surface area contributed by atoms with E-state index < -0.39 is 0 Å². The number of nitrogens with one attached hydrogen (secondary N) is 2. The third kappa shape index (κ3) is 4.21. The van der Waals surface area contributed by atoms with Crippen LogP contribution >= 0.6 is 11.6 Å². The number of halogens is 1. The van der Waals surface area contributed by atoms with E-state index in [0.29, 0.717) is 24.5 Å². The summed E-state index contributed by atoms with van der Waals surface area (Å²) in [4.78, 5) is 15.9. The van der Waals surface area contributed by atoms with Gasteiger partial charge in [-0.1, -0.05) is 11.6 Å². The number of fused-ring (bicyclic) bond motifs is 1. The molecule has 2 heterocycles. The minimum Gasteiger partial charge on any atom is -0.354 e. The Labute approximate surface area is 123 Å². The van der Waals surface area contributed by atoms with Gasteiger partial charge in [-0.2, -0.15) is 0 Å². The van der Waals surface area contributed by atoms with E-state index in [2.05, 4.69) is 15.6 Å². The molecule has 2 rings (SSSR count). The molecule has 6 heteroatoms. The average Bonchev–Trinajstić information content (AvgIpc) is 2.75. The third-order valence-corrected chi connectivity index (χ3v) is 2.97. The summed E-state index contributed by atoms with van der Waals surface area (Å²) in [6.07, 6.45) is 4.23. The van der Waals surface area contributed by atoms with Gasteiger partial charge in [0, 0.05) is 37.9 Å². The molecule has 0 unspecified atom stereocenters. The highest BCUT2D eigenvalue weighted by molar-refractivity contribution is 6.30. The second-order valence-electron chi connectivity index (χ2n) is 4.99. The number of aromatic nitrogens is 2. The van der Waals surface area contributed by atoms with Crippen molar-refractivity contribution in [2.45, 2.75) is 32.9 Å². The molecule has 0 aliphatic heterocycles. The normalized spacial score (nSPS) is 11.2. The van der Waals surface area contributed by atoms with Gasteiger partial charge in [-0.15, -0.1) is 0 Å². The van der Waals surface area contributed by atoms with Gasteiger partial charge in [0.05, 0.1) is 10.7 Å². The predicted molar refractivity (Wildman–Crippen MR) is 79.8 cm³/mol. The Balaban J connectivity index is 1.80. The van der Waals surface area contributed by atoms with Gasteiger partial charge in [-0.25, -0.2) is 4.98 Å². The first kappa shape index (κ1) is 14.8. The van der Waals surface area contributed by atoms with Crippen molar-refractivity contribution in [1.82, 2.24) is 20.0 Å². The Morgan fingerprint density at radius 3 is 2.95 bits per heavy atom. The molecule has 0 radical (unpaired) electrons. The minimum atomic E-state index is 0.0642. The summed E-state index contributed by atoms with van der Waals surface area (Å²) < 4.78 is 1.89. The summed E-state index contributed by atoms with van der Waals surface area (Å²) in [5.74, 6) is 0.0642. The van der Waals surface area contributed by atoms with E-state index in [1.807, 2.05) is 42.8 Å². The maximum atomic E-state index is 11.5. The van der Waals surface area contributed by atoms with Crippen LogP contribution in [0.4, 0.5) is 0 Å². The molecular formula is C14H19ClN4O. The monoisotopic (exact) mass is 294 g/mol. The van der Waals surface area contributed by atoms with Crippen LogP contribution in [0.5, 0.6) is 0 Å². The summed E-state index contributed by atoms with van der Waals surface area (Å²) in [7, 11) is 0. The van der Waals surface area contributed by atoms with Crippen molar-refractivity contribution in [2.75, 3.05) is 6.54 Å². The molecule has 108 valence electrons. The van der Waals surface area contributed by atoms with Crippen molar-refractivity contribution in [2.24, 2.45) is 0 Å². The van der Waals surface area contributed by atoms with Crippen LogP contribution in [0.3, 0.4) is 0 Å². The predicted octanol–water partition coefficient (Wildman–Crippen LogP) is 1.99. The van der Waals surface area contributed by atoms with Crippen LogP contribution in [0.15, 0.2) is 24.5 Å². The molecule has 0 aromatic carbocycles. The van der Waals surface area contributed by atoms with E-state index in [9.17, 15) is 4.79 Å². The molecular weight excluding hydrogens is 276 g/mol. The first-order chi connectivity index (χ1) is 9.54. The molecule has 2 aromatic rings. The maximum absolute atomic E-state index is 11.5. The Bertz CT molecular complexity index is 594. The number of pyridine rings is 1. The largest absolute Gasteiger partial charge is 0.354 e. The number of imidazole rings is 1. The highest BCUT2D eigenvalue weighted by Crippen LogP contribution is 2.11.